The summed E-state index contributed by atoms with van der Waals surface area (Å²) in [7, 11) is -2.70. The third-order valence-corrected chi connectivity index (χ3v) is 9.39. The van der Waals surface area contributed by atoms with Crippen molar-refractivity contribution < 1.29 is 0 Å². The van der Waals surface area contributed by atoms with Crippen molar-refractivity contribution in [2.24, 2.45) is 4.74 Å². The summed E-state index contributed by atoms with van der Waals surface area (Å²) in [5.74, 6) is 0. The normalized spacial score (nSPS) is 10.9. The van der Waals surface area contributed by atoms with Gasteiger partial charge in [-0.2, -0.15) is 10.4 Å². The number of nitrogens with one attached hydrogen (secondary N) is 1. The Morgan fingerprint density at radius 1 is 0.686 bits per heavy atom. The van der Waals surface area contributed by atoms with Crippen molar-refractivity contribution in [3.8, 4) is 17.3 Å². The van der Waals surface area contributed by atoms with E-state index in [1.807, 2.05) is 84.9 Å². The average molecular weight is 472 g/mol. The summed E-state index contributed by atoms with van der Waals surface area (Å²) in [4.78, 5) is 12.8. The molecule has 4 aromatic carbocycles. The number of rotatable bonds is 5. The van der Waals surface area contributed by atoms with E-state index in [-0.39, 0.29) is 5.56 Å². The van der Waals surface area contributed by atoms with Gasteiger partial charge in [0, 0.05) is 21.5 Å². The lowest BCUT2D eigenvalue weighted by Gasteiger charge is -2.27. The summed E-state index contributed by atoms with van der Waals surface area (Å²) in [5.41, 5.74) is 0.928. The van der Waals surface area contributed by atoms with Gasteiger partial charge in [-0.3, -0.25) is 4.79 Å². The molecule has 5 nitrogen and oxygen atoms in total. The van der Waals surface area contributed by atoms with Crippen molar-refractivity contribution in [2.75, 3.05) is 0 Å². The van der Waals surface area contributed by atoms with Crippen molar-refractivity contribution in [2.45, 2.75) is 0 Å². The van der Waals surface area contributed by atoms with Gasteiger partial charge in [0.1, 0.15) is 23.0 Å². The van der Waals surface area contributed by atoms with E-state index in [0.717, 1.165) is 21.5 Å². The maximum atomic E-state index is 12.8. The molecule has 5 rings (SSSR count). The molecule has 35 heavy (non-hydrogen) atoms. The molecule has 0 aliphatic carbocycles. The van der Waals surface area contributed by atoms with Gasteiger partial charge in [-0.25, -0.2) is 9.84 Å². The Morgan fingerprint density at radius 3 is 1.54 bits per heavy atom. The maximum Gasteiger partial charge on any atom is 0.284 e. The minimum Gasteiger partial charge on any atom is -0.266 e. The SMILES string of the molecule is N#Cc1c(N=P(c2ccccc2)(c2ccccc2)c2ccccc2)c(-c2ccccc2)n[nH]c1=O. The highest BCUT2D eigenvalue weighted by Gasteiger charge is 2.29. The Hall–Kier alpha value is -4.52. The van der Waals surface area contributed by atoms with Crippen molar-refractivity contribution in [1.29, 1.82) is 5.26 Å². The summed E-state index contributed by atoms with van der Waals surface area (Å²) in [5, 5.41) is 19.9. The molecule has 1 heterocycles. The molecule has 0 aliphatic rings. The molecule has 0 atom stereocenters. The Morgan fingerprint density at radius 2 is 1.11 bits per heavy atom. The highest BCUT2D eigenvalue weighted by molar-refractivity contribution is 7.87. The Labute approximate surface area is 203 Å². The first-order chi connectivity index (χ1) is 17.2. The molecule has 0 amide bonds. The quantitative estimate of drug-likeness (QED) is 0.361. The van der Waals surface area contributed by atoms with Crippen LogP contribution in [-0.4, -0.2) is 10.2 Å². The van der Waals surface area contributed by atoms with Gasteiger partial charge in [0.05, 0.1) is 7.05 Å². The molecule has 0 saturated heterocycles. The highest BCUT2D eigenvalue weighted by atomic mass is 31.2. The first-order valence-corrected chi connectivity index (χ1v) is 12.9. The fourth-order valence-electron chi connectivity index (χ4n) is 4.14. The van der Waals surface area contributed by atoms with E-state index in [1.165, 1.54) is 0 Å². The number of aromatic nitrogens is 2. The summed E-state index contributed by atoms with van der Waals surface area (Å²) in [6.07, 6.45) is 0. The van der Waals surface area contributed by atoms with Gasteiger partial charge < -0.3 is 0 Å². The number of nitrogens with zero attached hydrogens (tertiary/aromatic N) is 3. The monoisotopic (exact) mass is 472 g/mol. The second-order valence-electron chi connectivity index (χ2n) is 7.84. The van der Waals surface area contributed by atoms with E-state index in [0.29, 0.717) is 11.4 Å². The molecule has 0 unspecified atom stereocenters. The van der Waals surface area contributed by atoms with Crippen molar-refractivity contribution in [3.63, 3.8) is 0 Å². The lowest BCUT2D eigenvalue weighted by Crippen LogP contribution is -2.25. The third-order valence-electron chi connectivity index (χ3n) is 5.76. The summed E-state index contributed by atoms with van der Waals surface area (Å²) in [6.45, 7) is 0. The minimum atomic E-state index is -2.70. The van der Waals surface area contributed by atoms with Gasteiger partial charge in [0.2, 0.25) is 0 Å². The van der Waals surface area contributed by atoms with Gasteiger partial charge in [-0.15, -0.1) is 0 Å². The lowest BCUT2D eigenvalue weighted by atomic mass is 10.1. The van der Waals surface area contributed by atoms with E-state index in [9.17, 15) is 10.1 Å². The van der Waals surface area contributed by atoms with Gasteiger partial charge in [-0.1, -0.05) is 121 Å². The second-order valence-corrected chi connectivity index (χ2v) is 10.9. The van der Waals surface area contributed by atoms with Crippen LogP contribution in [0.5, 0.6) is 0 Å². The zero-order chi connectivity index (χ0) is 24.1. The molecule has 0 saturated carbocycles. The van der Waals surface area contributed by atoms with Crippen molar-refractivity contribution in [1.82, 2.24) is 10.2 Å². The Kier molecular flexibility index (Phi) is 6.22. The van der Waals surface area contributed by atoms with E-state index >= 15 is 0 Å². The zero-order valence-electron chi connectivity index (χ0n) is 18.7. The summed E-state index contributed by atoms with van der Waals surface area (Å²) in [6, 6.07) is 41.8. The predicted octanol–water partition coefficient (Wildman–Crippen LogP) is 5.12. The smallest absolute Gasteiger partial charge is 0.266 e. The van der Waals surface area contributed by atoms with Crippen LogP contribution in [0.15, 0.2) is 131 Å². The number of hydrogen-bond donors (Lipinski definition) is 1. The molecule has 0 aliphatic heterocycles. The fraction of sp³-hybridized carbons (Fsp3) is 0. The average Bonchev–Trinajstić information content (AvgIpc) is 2.94. The maximum absolute atomic E-state index is 12.8. The molecule has 6 heteroatoms. The first-order valence-electron chi connectivity index (χ1n) is 11.1. The van der Waals surface area contributed by atoms with Gasteiger partial charge >= 0.3 is 0 Å². The van der Waals surface area contributed by atoms with E-state index in [4.69, 9.17) is 4.74 Å². The van der Waals surface area contributed by atoms with Crippen LogP contribution in [0.25, 0.3) is 11.3 Å². The van der Waals surface area contributed by atoms with E-state index in [2.05, 4.69) is 52.7 Å². The van der Waals surface area contributed by atoms with Crippen LogP contribution in [0.3, 0.4) is 0 Å². The van der Waals surface area contributed by atoms with Crippen LogP contribution >= 0.6 is 7.05 Å². The minimum absolute atomic E-state index is 0.0500. The predicted molar refractivity (Wildman–Crippen MR) is 142 cm³/mol. The molecular weight excluding hydrogens is 451 g/mol. The van der Waals surface area contributed by atoms with Crippen LogP contribution < -0.4 is 21.5 Å². The van der Waals surface area contributed by atoms with Crippen molar-refractivity contribution >= 4 is 28.7 Å². The molecular formula is C29H21N4OP. The second kappa shape index (κ2) is 9.77. The molecule has 1 aromatic heterocycles. The number of hydrogen-bond acceptors (Lipinski definition) is 4. The zero-order valence-corrected chi connectivity index (χ0v) is 19.6. The molecule has 0 radical (unpaired) electrons. The molecule has 5 aromatic rings. The van der Waals surface area contributed by atoms with Gasteiger partial charge in [0.25, 0.3) is 5.56 Å². The molecule has 0 fully saturated rings. The van der Waals surface area contributed by atoms with Crippen LogP contribution in [-0.2, 0) is 0 Å². The molecule has 168 valence electrons. The Bertz CT molecular complexity index is 1510. The van der Waals surface area contributed by atoms with Crippen LogP contribution in [0.4, 0.5) is 5.69 Å². The molecule has 0 bridgehead atoms. The molecule has 1 N–H and O–H groups in total. The van der Waals surface area contributed by atoms with Crippen LogP contribution in [0, 0.1) is 11.3 Å². The number of benzene rings is 4. The molecule has 0 spiro atoms. The van der Waals surface area contributed by atoms with Crippen LogP contribution in [0.1, 0.15) is 5.56 Å². The number of nitriles is 1. The van der Waals surface area contributed by atoms with Crippen LogP contribution in [0.2, 0.25) is 0 Å². The first kappa shape index (κ1) is 22.3. The highest BCUT2D eigenvalue weighted by Crippen LogP contribution is 2.50. The number of H-pyrrole nitrogens is 1. The van der Waals surface area contributed by atoms with Crippen molar-refractivity contribution in [3.05, 3.63) is 137 Å². The topological polar surface area (TPSA) is 81.9 Å². The van der Waals surface area contributed by atoms with Gasteiger partial charge in [0.15, 0.2) is 0 Å². The van der Waals surface area contributed by atoms with E-state index in [1.54, 1.807) is 0 Å². The Balaban J connectivity index is 2.00. The lowest BCUT2D eigenvalue weighted by molar-refractivity contribution is 0.987. The summed E-state index contributed by atoms with van der Waals surface area (Å²) < 4.78 is 5.41. The van der Waals surface area contributed by atoms with Gasteiger partial charge in [-0.05, 0) is 0 Å². The fourth-order valence-corrected chi connectivity index (χ4v) is 7.69. The largest absolute Gasteiger partial charge is 0.284 e. The van der Waals surface area contributed by atoms with E-state index < -0.39 is 12.6 Å². The summed E-state index contributed by atoms with van der Waals surface area (Å²) >= 11 is 0. The standard InChI is InChI=1S/C29H21N4OP/c30-21-26-28(27(31-32-29(26)34)22-13-5-1-6-14-22)33-35(23-15-7-2-8-16-23,24-17-9-3-10-18-24)25-19-11-4-12-20-25/h1-20H,(H,32,34). The third kappa shape index (κ3) is 4.12. The number of aromatic amines is 1.